The summed E-state index contributed by atoms with van der Waals surface area (Å²) in [6, 6.07) is 3.48. The fourth-order valence-corrected chi connectivity index (χ4v) is 1.95. The molecule has 0 radical (unpaired) electrons. The summed E-state index contributed by atoms with van der Waals surface area (Å²) in [4.78, 5) is 20.7. The fraction of sp³-hybridized carbons (Fsp3) is 0.250. The van der Waals surface area contributed by atoms with Gasteiger partial charge in [-0.3, -0.25) is 10.1 Å². The maximum atomic E-state index is 13.5. The van der Waals surface area contributed by atoms with Gasteiger partial charge in [0.1, 0.15) is 0 Å². The minimum absolute atomic E-state index is 0.0817. The third kappa shape index (κ3) is 2.86. The number of carboxylic acid groups (broad SMARTS) is 1. The number of nitrogens with zero attached hydrogens (tertiary/aromatic N) is 4. The monoisotopic (exact) mass is 294 g/mol. The number of carbonyl (C=O) groups is 1. The van der Waals surface area contributed by atoms with Gasteiger partial charge in [0.05, 0.1) is 17.2 Å². The molecule has 0 aliphatic heterocycles. The van der Waals surface area contributed by atoms with E-state index >= 15 is 0 Å². The molecule has 0 aliphatic carbocycles. The Balaban J connectivity index is 2.32. The quantitative estimate of drug-likeness (QED) is 0.662. The van der Waals surface area contributed by atoms with Crippen LogP contribution < -0.4 is 0 Å². The highest BCUT2D eigenvalue weighted by Crippen LogP contribution is 2.19. The third-order valence-corrected chi connectivity index (χ3v) is 2.92. The Kier molecular flexibility index (Phi) is 3.92. The summed E-state index contributed by atoms with van der Waals surface area (Å²) in [6.45, 7) is 1.83. The van der Waals surface area contributed by atoms with Crippen LogP contribution >= 0.6 is 0 Å². The second kappa shape index (κ2) is 5.65. The van der Waals surface area contributed by atoms with Crippen LogP contribution in [0.15, 0.2) is 18.2 Å². The Labute approximate surface area is 118 Å². The molecule has 110 valence electrons. The van der Waals surface area contributed by atoms with Crippen LogP contribution in [0.1, 0.15) is 28.7 Å². The Hall–Kier alpha value is -2.84. The number of nitro groups is 1. The van der Waals surface area contributed by atoms with Crippen molar-refractivity contribution in [3.8, 4) is 0 Å². The molecule has 1 N–H and O–H groups in total. The van der Waals surface area contributed by atoms with Gasteiger partial charge in [-0.1, -0.05) is 18.2 Å². The van der Waals surface area contributed by atoms with Crippen LogP contribution in [0.25, 0.3) is 0 Å². The predicted molar refractivity (Wildman–Crippen MR) is 68.5 cm³/mol. The summed E-state index contributed by atoms with van der Waals surface area (Å²) in [5.74, 6) is -2.14. The molecule has 0 aliphatic rings. The Morgan fingerprint density at radius 3 is 2.76 bits per heavy atom. The molecule has 21 heavy (non-hydrogen) atoms. The lowest BCUT2D eigenvalue weighted by atomic mass is 10.2. The van der Waals surface area contributed by atoms with Gasteiger partial charge in [0.15, 0.2) is 5.69 Å². The van der Waals surface area contributed by atoms with E-state index in [4.69, 9.17) is 5.11 Å². The van der Waals surface area contributed by atoms with E-state index in [1.54, 1.807) is 6.92 Å². The molecule has 2 aromatic rings. The minimum atomic E-state index is -1.19. The molecular weight excluding hydrogens is 283 g/mol. The van der Waals surface area contributed by atoms with Crippen LogP contribution in [-0.2, 0) is 13.0 Å². The lowest BCUT2D eigenvalue weighted by Crippen LogP contribution is -2.09. The predicted octanol–water partition coefficient (Wildman–Crippen LogP) is 1.63. The van der Waals surface area contributed by atoms with Gasteiger partial charge in [-0.2, -0.15) is 4.39 Å². The van der Waals surface area contributed by atoms with Gasteiger partial charge in [-0.25, -0.2) is 9.48 Å². The second-order valence-corrected chi connectivity index (χ2v) is 4.24. The maximum absolute atomic E-state index is 13.5. The van der Waals surface area contributed by atoms with Crippen LogP contribution in [-0.4, -0.2) is 31.0 Å². The van der Waals surface area contributed by atoms with E-state index in [0.717, 1.165) is 12.1 Å². The summed E-state index contributed by atoms with van der Waals surface area (Å²) in [5, 5.41) is 26.8. The van der Waals surface area contributed by atoms with E-state index in [1.165, 1.54) is 10.7 Å². The molecule has 0 spiro atoms. The molecule has 0 atom stereocenters. The largest absolute Gasteiger partial charge is 0.476 e. The van der Waals surface area contributed by atoms with Gasteiger partial charge < -0.3 is 5.11 Å². The Morgan fingerprint density at radius 1 is 1.52 bits per heavy atom. The smallest absolute Gasteiger partial charge is 0.358 e. The van der Waals surface area contributed by atoms with Crippen molar-refractivity contribution in [2.45, 2.75) is 19.9 Å². The van der Waals surface area contributed by atoms with Gasteiger partial charge in [0, 0.05) is 6.07 Å². The first-order chi connectivity index (χ1) is 9.93. The van der Waals surface area contributed by atoms with Crippen LogP contribution in [0.5, 0.6) is 0 Å². The van der Waals surface area contributed by atoms with E-state index in [0.29, 0.717) is 17.7 Å². The third-order valence-electron chi connectivity index (χ3n) is 2.92. The highest BCUT2D eigenvalue weighted by molar-refractivity contribution is 5.86. The van der Waals surface area contributed by atoms with Crippen molar-refractivity contribution < 1.29 is 19.2 Å². The first kappa shape index (κ1) is 14.6. The lowest BCUT2D eigenvalue weighted by molar-refractivity contribution is -0.387. The highest BCUT2D eigenvalue weighted by atomic mass is 19.1. The molecule has 0 fully saturated rings. The number of aromatic carboxylic acids is 1. The number of benzene rings is 1. The molecule has 0 saturated heterocycles. The first-order valence-electron chi connectivity index (χ1n) is 6.02. The van der Waals surface area contributed by atoms with Crippen LogP contribution in [0.3, 0.4) is 0 Å². The number of hydrogen-bond acceptors (Lipinski definition) is 5. The zero-order valence-corrected chi connectivity index (χ0v) is 11.0. The Bertz CT molecular complexity index is 713. The maximum Gasteiger partial charge on any atom is 0.358 e. The molecule has 0 amide bonds. The van der Waals surface area contributed by atoms with Crippen LogP contribution in [0, 0.1) is 15.9 Å². The summed E-state index contributed by atoms with van der Waals surface area (Å²) < 4.78 is 14.9. The van der Waals surface area contributed by atoms with Crippen molar-refractivity contribution in [1.82, 2.24) is 15.0 Å². The normalized spacial score (nSPS) is 10.6. The van der Waals surface area contributed by atoms with Gasteiger partial charge in [0.2, 0.25) is 5.82 Å². The standard InChI is InChI=1S/C12H11FN4O4/c1-2-9-11(12(18)19)14-15-16(9)6-7-3-4-10(17(20)21)8(13)5-7/h3-5H,2,6H2,1H3,(H,18,19). The van der Waals surface area contributed by atoms with Crippen molar-refractivity contribution in [3.05, 3.63) is 51.1 Å². The number of carboxylic acids is 1. The molecule has 0 unspecified atom stereocenters. The molecule has 1 aromatic carbocycles. The summed E-state index contributed by atoms with van der Waals surface area (Å²) in [5.41, 5.74) is 0.0649. The molecule has 2 rings (SSSR count). The van der Waals surface area contributed by atoms with Gasteiger partial charge in [0.25, 0.3) is 0 Å². The number of rotatable bonds is 5. The average molecular weight is 294 g/mol. The van der Waals surface area contributed by atoms with Gasteiger partial charge in [-0.05, 0) is 18.1 Å². The number of hydrogen-bond donors (Lipinski definition) is 1. The first-order valence-corrected chi connectivity index (χ1v) is 6.02. The van der Waals surface area contributed by atoms with Crippen molar-refractivity contribution in [2.75, 3.05) is 0 Å². The SMILES string of the molecule is CCc1c(C(=O)O)nnn1Cc1ccc([N+](=O)[O-])c(F)c1. The average Bonchev–Trinajstić information content (AvgIpc) is 2.81. The van der Waals surface area contributed by atoms with Gasteiger partial charge in [-0.15, -0.1) is 5.10 Å². The fourth-order valence-electron chi connectivity index (χ4n) is 1.95. The number of aromatic nitrogens is 3. The van der Waals surface area contributed by atoms with E-state index in [9.17, 15) is 19.3 Å². The van der Waals surface area contributed by atoms with Crippen molar-refractivity contribution in [3.63, 3.8) is 0 Å². The molecular formula is C12H11FN4O4. The molecule has 1 heterocycles. The Morgan fingerprint density at radius 2 is 2.24 bits per heavy atom. The molecule has 8 nitrogen and oxygen atoms in total. The van der Waals surface area contributed by atoms with E-state index < -0.39 is 22.4 Å². The zero-order valence-electron chi connectivity index (χ0n) is 11.0. The number of halogens is 1. The molecule has 9 heteroatoms. The summed E-state index contributed by atoms with van der Waals surface area (Å²) >= 11 is 0. The zero-order chi connectivity index (χ0) is 15.6. The van der Waals surface area contributed by atoms with Gasteiger partial charge >= 0.3 is 11.7 Å². The molecule has 0 bridgehead atoms. The summed E-state index contributed by atoms with van der Waals surface area (Å²) in [7, 11) is 0. The minimum Gasteiger partial charge on any atom is -0.476 e. The van der Waals surface area contributed by atoms with E-state index in [2.05, 4.69) is 10.3 Å². The molecule has 1 aromatic heterocycles. The highest BCUT2D eigenvalue weighted by Gasteiger charge is 2.19. The van der Waals surface area contributed by atoms with E-state index in [-0.39, 0.29) is 12.2 Å². The van der Waals surface area contributed by atoms with Crippen molar-refractivity contribution in [2.24, 2.45) is 0 Å². The van der Waals surface area contributed by atoms with Crippen LogP contribution in [0.2, 0.25) is 0 Å². The topological polar surface area (TPSA) is 111 Å². The summed E-state index contributed by atoms with van der Waals surface area (Å²) in [6.07, 6.45) is 0.393. The van der Waals surface area contributed by atoms with Crippen molar-refractivity contribution >= 4 is 11.7 Å². The van der Waals surface area contributed by atoms with E-state index in [1.807, 2.05) is 0 Å². The molecule has 0 saturated carbocycles. The van der Waals surface area contributed by atoms with Crippen LogP contribution in [0.4, 0.5) is 10.1 Å². The second-order valence-electron chi connectivity index (χ2n) is 4.24. The van der Waals surface area contributed by atoms with Crippen molar-refractivity contribution in [1.29, 1.82) is 0 Å². The lowest BCUT2D eigenvalue weighted by Gasteiger charge is -2.05. The number of nitro benzene ring substituents is 1.